The van der Waals surface area contributed by atoms with Gasteiger partial charge in [-0.2, -0.15) is 0 Å². The molecule has 1 aliphatic rings. The summed E-state index contributed by atoms with van der Waals surface area (Å²) in [5.41, 5.74) is 3.22. The molecule has 0 saturated heterocycles. The van der Waals surface area contributed by atoms with Crippen molar-refractivity contribution in [3.63, 3.8) is 0 Å². The quantitative estimate of drug-likeness (QED) is 0.852. The molecule has 19 heavy (non-hydrogen) atoms. The molecule has 0 saturated carbocycles. The Hall–Kier alpha value is -1.77. The third-order valence-electron chi connectivity index (χ3n) is 4.00. The lowest BCUT2D eigenvalue weighted by Gasteiger charge is -2.14. The van der Waals surface area contributed by atoms with Crippen molar-refractivity contribution < 1.29 is 4.74 Å². The molecule has 0 unspecified atom stereocenters. The zero-order valence-corrected chi connectivity index (χ0v) is 11.3. The van der Waals surface area contributed by atoms with Crippen LogP contribution in [-0.2, 0) is 12.8 Å². The predicted octanol–water partition coefficient (Wildman–Crippen LogP) is 3.20. The van der Waals surface area contributed by atoms with Gasteiger partial charge >= 0.3 is 0 Å². The average Bonchev–Trinajstić information content (AvgIpc) is 2.40. The fourth-order valence-corrected chi connectivity index (χ4v) is 2.92. The number of methoxy groups -OCH3 is 1. The average molecular weight is 257 g/mol. The van der Waals surface area contributed by atoms with Crippen molar-refractivity contribution in [1.82, 2.24) is 4.98 Å². The van der Waals surface area contributed by atoms with Gasteiger partial charge in [0, 0.05) is 22.7 Å². The van der Waals surface area contributed by atoms with E-state index in [1.54, 1.807) is 7.11 Å². The smallest absolute Gasteiger partial charge is 0.192 e. The van der Waals surface area contributed by atoms with Gasteiger partial charge < -0.3 is 9.72 Å². The van der Waals surface area contributed by atoms with E-state index < -0.39 is 0 Å². The molecule has 0 radical (unpaired) electrons. The third-order valence-corrected chi connectivity index (χ3v) is 4.00. The highest BCUT2D eigenvalue weighted by Gasteiger charge is 2.14. The number of ether oxygens (including phenoxy) is 1. The fraction of sp³-hybridized carbons (Fsp3) is 0.438. The molecule has 0 atom stereocenters. The molecule has 1 aromatic carbocycles. The SMILES string of the molecule is COc1ccc2c(=O)c3c([nH]c2c1)CCCCCC3. The Labute approximate surface area is 112 Å². The second-order valence-corrected chi connectivity index (χ2v) is 5.24. The molecule has 0 amide bonds. The summed E-state index contributed by atoms with van der Waals surface area (Å²) in [7, 11) is 1.65. The summed E-state index contributed by atoms with van der Waals surface area (Å²) in [6, 6.07) is 5.63. The van der Waals surface area contributed by atoms with Crippen LogP contribution in [0.5, 0.6) is 5.75 Å². The van der Waals surface area contributed by atoms with Gasteiger partial charge in [-0.15, -0.1) is 0 Å². The van der Waals surface area contributed by atoms with E-state index in [0.717, 1.165) is 47.2 Å². The van der Waals surface area contributed by atoms with Crippen LogP contribution in [0.1, 0.15) is 36.9 Å². The number of hydrogen-bond donors (Lipinski definition) is 1. The molecule has 0 fully saturated rings. The van der Waals surface area contributed by atoms with E-state index in [1.807, 2.05) is 18.2 Å². The van der Waals surface area contributed by atoms with Gasteiger partial charge in [-0.05, 0) is 37.8 Å². The highest BCUT2D eigenvalue weighted by atomic mass is 16.5. The number of benzene rings is 1. The van der Waals surface area contributed by atoms with Crippen LogP contribution in [-0.4, -0.2) is 12.1 Å². The van der Waals surface area contributed by atoms with Gasteiger partial charge in [0.2, 0.25) is 0 Å². The highest BCUT2D eigenvalue weighted by Crippen LogP contribution is 2.22. The number of hydrogen-bond acceptors (Lipinski definition) is 2. The van der Waals surface area contributed by atoms with Crippen molar-refractivity contribution in [2.75, 3.05) is 7.11 Å². The minimum atomic E-state index is 0.202. The topological polar surface area (TPSA) is 42.1 Å². The molecule has 0 spiro atoms. The van der Waals surface area contributed by atoms with Gasteiger partial charge in [0.1, 0.15) is 5.75 Å². The molecule has 1 aliphatic carbocycles. The Balaban J connectivity index is 2.21. The lowest BCUT2D eigenvalue weighted by atomic mass is 9.95. The molecule has 1 aromatic heterocycles. The molecule has 3 rings (SSSR count). The summed E-state index contributed by atoms with van der Waals surface area (Å²) < 4.78 is 5.23. The summed E-state index contributed by atoms with van der Waals surface area (Å²) in [6.07, 6.45) is 6.68. The molecular weight excluding hydrogens is 238 g/mol. The molecule has 1 heterocycles. The Morgan fingerprint density at radius 1 is 1.11 bits per heavy atom. The summed E-state index contributed by atoms with van der Waals surface area (Å²) in [5.74, 6) is 0.786. The minimum Gasteiger partial charge on any atom is -0.497 e. The van der Waals surface area contributed by atoms with Crippen LogP contribution >= 0.6 is 0 Å². The van der Waals surface area contributed by atoms with Crippen LogP contribution in [0, 0.1) is 0 Å². The maximum absolute atomic E-state index is 12.6. The second-order valence-electron chi connectivity index (χ2n) is 5.24. The van der Waals surface area contributed by atoms with E-state index in [0.29, 0.717) is 0 Å². The van der Waals surface area contributed by atoms with Gasteiger partial charge in [0.15, 0.2) is 5.43 Å². The second kappa shape index (κ2) is 5.08. The maximum Gasteiger partial charge on any atom is 0.192 e. The van der Waals surface area contributed by atoms with Crippen LogP contribution < -0.4 is 10.2 Å². The Bertz CT molecular complexity index is 658. The normalized spacial score (nSPS) is 15.6. The van der Waals surface area contributed by atoms with E-state index in [9.17, 15) is 4.79 Å². The summed E-state index contributed by atoms with van der Waals surface area (Å²) in [6.45, 7) is 0. The third kappa shape index (κ3) is 2.25. The molecule has 3 heteroatoms. The first-order chi connectivity index (χ1) is 9.29. The zero-order chi connectivity index (χ0) is 13.2. The number of rotatable bonds is 1. The molecule has 0 aliphatic heterocycles. The predicted molar refractivity (Wildman–Crippen MR) is 77.0 cm³/mol. The van der Waals surface area contributed by atoms with Gasteiger partial charge in [0.05, 0.1) is 12.6 Å². The van der Waals surface area contributed by atoms with E-state index in [4.69, 9.17) is 4.74 Å². The van der Waals surface area contributed by atoms with E-state index in [-0.39, 0.29) is 5.43 Å². The lowest BCUT2D eigenvalue weighted by molar-refractivity contribution is 0.415. The standard InChI is InChI=1S/C16H19NO2/c1-19-11-8-9-13-15(10-11)17-14-7-5-3-2-4-6-12(14)16(13)18/h8-10H,2-7H2,1H3,(H,17,18). The first-order valence-corrected chi connectivity index (χ1v) is 7.01. The summed E-state index contributed by atoms with van der Waals surface area (Å²) in [4.78, 5) is 16.0. The molecule has 1 N–H and O–H groups in total. The molecule has 3 nitrogen and oxygen atoms in total. The monoisotopic (exact) mass is 257 g/mol. The van der Waals surface area contributed by atoms with Crippen molar-refractivity contribution in [3.05, 3.63) is 39.7 Å². The number of pyridine rings is 1. The number of aryl methyl sites for hydroxylation is 1. The minimum absolute atomic E-state index is 0.202. The molecule has 0 bridgehead atoms. The van der Waals surface area contributed by atoms with Gasteiger partial charge in [-0.3, -0.25) is 4.79 Å². The number of aromatic amines is 1. The first kappa shape index (κ1) is 12.3. The first-order valence-electron chi connectivity index (χ1n) is 7.01. The number of fused-ring (bicyclic) bond motifs is 2. The van der Waals surface area contributed by atoms with Gasteiger partial charge in [-0.1, -0.05) is 12.8 Å². The molecule has 100 valence electrons. The van der Waals surface area contributed by atoms with Crippen LogP contribution in [0.4, 0.5) is 0 Å². The Morgan fingerprint density at radius 3 is 2.68 bits per heavy atom. The summed E-state index contributed by atoms with van der Waals surface area (Å²) in [5, 5.41) is 0.778. The van der Waals surface area contributed by atoms with Crippen molar-refractivity contribution in [3.8, 4) is 5.75 Å². The zero-order valence-electron chi connectivity index (χ0n) is 11.3. The number of H-pyrrole nitrogens is 1. The van der Waals surface area contributed by atoms with Crippen molar-refractivity contribution >= 4 is 10.9 Å². The van der Waals surface area contributed by atoms with E-state index >= 15 is 0 Å². The Kier molecular flexibility index (Phi) is 3.28. The maximum atomic E-state index is 12.6. The lowest BCUT2D eigenvalue weighted by Crippen LogP contribution is -2.16. The van der Waals surface area contributed by atoms with Gasteiger partial charge in [-0.25, -0.2) is 0 Å². The van der Waals surface area contributed by atoms with E-state index in [2.05, 4.69) is 4.98 Å². The number of nitrogens with one attached hydrogen (secondary N) is 1. The largest absolute Gasteiger partial charge is 0.497 e. The van der Waals surface area contributed by atoms with Crippen molar-refractivity contribution in [2.45, 2.75) is 38.5 Å². The summed E-state index contributed by atoms with van der Waals surface area (Å²) >= 11 is 0. The number of aromatic nitrogens is 1. The Morgan fingerprint density at radius 2 is 1.89 bits per heavy atom. The van der Waals surface area contributed by atoms with Crippen LogP contribution in [0.15, 0.2) is 23.0 Å². The molecule has 2 aromatic rings. The van der Waals surface area contributed by atoms with Gasteiger partial charge in [0.25, 0.3) is 0 Å². The van der Waals surface area contributed by atoms with E-state index in [1.165, 1.54) is 19.3 Å². The van der Waals surface area contributed by atoms with Crippen LogP contribution in [0.25, 0.3) is 10.9 Å². The van der Waals surface area contributed by atoms with Crippen molar-refractivity contribution in [1.29, 1.82) is 0 Å². The van der Waals surface area contributed by atoms with Crippen LogP contribution in [0.2, 0.25) is 0 Å². The molecular formula is C16H19NO2. The van der Waals surface area contributed by atoms with Crippen LogP contribution in [0.3, 0.4) is 0 Å². The fourth-order valence-electron chi connectivity index (χ4n) is 2.92. The highest BCUT2D eigenvalue weighted by molar-refractivity contribution is 5.81. The van der Waals surface area contributed by atoms with Crippen molar-refractivity contribution in [2.24, 2.45) is 0 Å².